The molecule has 0 bridgehead atoms. The van der Waals surface area contributed by atoms with Crippen LogP contribution in [0.15, 0.2) is 48.8 Å². The van der Waals surface area contributed by atoms with Crippen molar-refractivity contribution in [3.63, 3.8) is 0 Å². The molecule has 4 nitrogen and oxygen atoms in total. The monoisotopic (exact) mass is 310 g/mol. The molecule has 0 spiro atoms. The van der Waals surface area contributed by atoms with E-state index in [1.54, 1.807) is 55.7 Å². The molecule has 2 aromatic rings. The average molecular weight is 311 g/mol. The standard InChI is InChI=1S/C14H15ClN2O2S/c1-11(12-6-8-16-9-7-12)17-20(18,19)10-13-4-2-3-5-14(13)15/h2-9,11,17H,10H2,1H3. The Morgan fingerprint density at radius 1 is 1.20 bits per heavy atom. The number of sulfonamides is 1. The first kappa shape index (κ1) is 15.0. The maximum Gasteiger partial charge on any atom is 0.216 e. The molecule has 0 fully saturated rings. The average Bonchev–Trinajstić information content (AvgIpc) is 2.41. The van der Waals surface area contributed by atoms with Gasteiger partial charge in [0, 0.05) is 23.5 Å². The summed E-state index contributed by atoms with van der Waals surface area (Å²) in [7, 11) is -3.46. The van der Waals surface area contributed by atoms with E-state index in [9.17, 15) is 8.42 Å². The summed E-state index contributed by atoms with van der Waals surface area (Å²) in [6.45, 7) is 1.79. The highest BCUT2D eigenvalue weighted by Crippen LogP contribution is 2.19. The first-order chi connectivity index (χ1) is 9.48. The SMILES string of the molecule is CC(NS(=O)(=O)Cc1ccccc1Cl)c1ccncc1. The van der Waals surface area contributed by atoms with Crippen LogP contribution in [-0.2, 0) is 15.8 Å². The van der Waals surface area contributed by atoms with Crippen LogP contribution in [0, 0.1) is 0 Å². The quantitative estimate of drug-likeness (QED) is 0.923. The van der Waals surface area contributed by atoms with E-state index >= 15 is 0 Å². The number of hydrogen-bond acceptors (Lipinski definition) is 3. The van der Waals surface area contributed by atoms with Gasteiger partial charge in [0.05, 0.1) is 5.75 Å². The summed E-state index contributed by atoms with van der Waals surface area (Å²) < 4.78 is 26.9. The van der Waals surface area contributed by atoms with Gasteiger partial charge in [-0.2, -0.15) is 0 Å². The molecule has 6 heteroatoms. The smallest absolute Gasteiger partial charge is 0.216 e. The van der Waals surface area contributed by atoms with Crippen molar-refractivity contribution in [2.24, 2.45) is 0 Å². The van der Waals surface area contributed by atoms with Crippen LogP contribution >= 0.6 is 11.6 Å². The van der Waals surface area contributed by atoms with Crippen molar-refractivity contribution in [3.05, 3.63) is 64.9 Å². The Balaban J connectivity index is 2.10. The molecule has 1 atom stereocenters. The Morgan fingerprint density at radius 2 is 1.85 bits per heavy atom. The van der Waals surface area contributed by atoms with Crippen LogP contribution in [0.5, 0.6) is 0 Å². The third-order valence-corrected chi connectivity index (χ3v) is 4.64. The van der Waals surface area contributed by atoms with Crippen LogP contribution in [0.4, 0.5) is 0 Å². The zero-order valence-corrected chi connectivity index (χ0v) is 12.5. The van der Waals surface area contributed by atoms with Crippen molar-refractivity contribution >= 4 is 21.6 Å². The second-order valence-electron chi connectivity index (χ2n) is 4.47. The van der Waals surface area contributed by atoms with E-state index in [0.717, 1.165) is 5.56 Å². The lowest BCUT2D eigenvalue weighted by atomic mass is 10.1. The number of halogens is 1. The number of nitrogens with one attached hydrogen (secondary N) is 1. The molecule has 0 amide bonds. The highest BCUT2D eigenvalue weighted by atomic mass is 35.5. The van der Waals surface area contributed by atoms with Crippen molar-refractivity contribution in [1.29, 1.82) is 0 Å². The second-order valence-corrected chi connectivity index (χ2v) is 6.63. The number of benzene rings is 1. The Morgan fingerprint density at radius 3 is 2.50 bits per heavy atom. The molecule has 0 aliphatic carbocycles. The minimum Gasteiger partial charge on any atom is -0.265 e. The summed E-state index contributed by atoms with van der Waals surface area (Å²) in [5.41, 5.74) is 1.45. The van der Waals surface area contributed by atoms with E-state index in [1.165, 1.54) is 0 Å². The van der Waals surface area contributed by atoms with Crippen molar-refractivity contribution in [1.82, 2.24) is 9.71 Å². The molecule has 2 rings (SSSR count). The van der Waals surface area contributed by atoms with Crippen LogP contribution in [0.1, 0.15) is 24.1 Å². The van der Waals surface area contributed by atoms with Crippen LogP contribution in [0.2, 0.25) is 5.02 Å². The molecule has 106 valence electrons. The van der Waals surface area contributed by atoms with Gasteiger partial charge in [0.15, 0.2) is 0 Å². The molecular formula is C14H15ClN2O2S. The van der Waals surface area contributed by atoms with Gasteiger partial charge < -0.3 is 0 Å². The van der Waals surface area contributed by atoms with Gasteiger partial charge in [-0.1, -0.05) is 29.8 Å². The lowest BCUT2D eigenvalue weighted by Gasteiger charge is -2.14. The largest absolute Gasteiger partial charge is 0.265 e. The summed E-state index contributed by atoms with van der Waals surface area (Å²) in [4.78, 5) is 3.91. The maximum atomic E-state index is 12.2. The van der Waals surface area contributed by atoms with Crippen molar-refractivity contribution in [2.45, 2.75) is 18.7 Å². The van der Waals surface area contributed by atoms with Crippen molar-refractivity contribution < 1.29 is 8.42 Å². The molecule has 1 heterocycles. The van der Waals surface area contributed by atoms with Crippen LogP contribution < -0.4 is 4.72 Å². The predicted octanol–water partition coefficient (Wildman–Crippen LogP) is 2.92. The summed E-state index contributed by atoms with van der Waals surface area (Å²) in [6.07, 6.45) is 3.27. The third kappa shape index (κ3) is 4.03. The topological polar surface area (TPSA) is 59.1 Å². The van der Waals surface area contributed by atoms with Gasteiger partial charge in [-0.25, -0.2) is 13.1 Å². The van der Waals surface area contributed by atoms with E-state index in [0.29, 0.717) is 10.6 Å². The van der Waals surface area contributed by atoms with Gasteiger partial charge in [-0.3, -0.25) is 4.98 Å². The number of hydrogen-bond donors (Lipinski definition) is 1. The highest BCUT2D eigenvalue weighted by molar-refractivity contribution is 7.88. The molecule has 20 heavy (non-hydrogen) atoms. The molecule has 0 saturated heterocycles. The molecule has 0 radical (unpaired) electrons. The van der Waals surface area contributed by atoms with Gasteiger partial charge in [-0.05, 0) is 36.2 Å². The predicted molar refractivity (Wildman–Crippen MR) is 79.9 cm³/mol. The van der Waals surface area contributed by atoms with Gasteiger partial charge in [0.1, 0.15) is 0 Å². The summed E-state index contributed by atoms with van der Waals surface area (Å²) >= 11 is 5.98. The Hall–Kier alpha value is -1.43. The number of rotatable bonds is 5. The van der Waals surface area contributed by atoms with Gasteiger partial charge in [0.25, 0.3) is 0 Å². The Bertz CT molecular complexity index is 675. The molecular weight excluding hydrogens is 296 g/mol. The molecule has 0 aliphatic rings. The molecule has 1 aromatic heterocycles. The van der Waals surface area contributed by atoms with Crippen LogP contribution in [0.25, 0.3) is 0 Å². The van der Waals surface area contributed by atoms with E-state index in [-0.39, 0.29) is 11.8 Å². The van der Waals surface area contributed by atoms with Crippen LogP contribution in [0.3, 0.4) is 0 Å². The first-order valence-corrected chi connectivity index (χ1v) is 8.14. The van der Waals surface area contributed by atoms with E-state index in [2.05, 4.69) is 9.71 Å². The van der Waals surface area contributed by atoms with Crippen molar-refractivity contribution in [2.75, 3.05) is 0 Å². The molecule has 1 aromatic carbocycles. The second kappa shape index (κ2) is 6.35. The number of aromatic nitrogens is 1. The number of nitrogens with zero attached hydrogens (tertiary/aromatic N) is 1. The normalized spacial score (nSPS) is 13.1. The minimum absolute atomic E-state index is 0.137. The van der Waals surface area contributed by atoms with Crippen molar-refractivity contribution in [3.8, 4) is 0 Å². The Labute approximate surface area is 123 Å². The first-order valence-electron chi connectivity index (χ1n) is 6.11. The minimum atomic E-state index is -3.46. The fourth-order valence-electron chi connectivity index (χ4n) is 1.85. The van der Waals surface area contributed by atoms with Gasteiger partial charge in [0.2, 0.25) is 10.0 Å². The zero-order valence-electron chi connectivity index (χ0n) is 11.0. The van der Waals surface area contributed by atoms with Gasteiger partial charge in [-0.15, -0.1) is 0 Å². The zero-order chi connectivity index (χ0) is 14.6. The summed E-state index contributed by atoms with van der Waals surface area (Å²) in [6, 6.07) is 10.2. The summed E-state index contributed by atoms with van der Waals surface area (Å²) in [5.74, 6) is -0.137. The number of pyridine rings is 1. The van der Waals surface area contributed by atoms with E-state index < -0.39 is 10.0 Å². The fourth-order valence-corrected chi connectivity index (χ4v) is 3.55. The fraction of sp³-hybridized carbons (Fsp3) is 0.214. The molecule has 0 aliphatic heterocycles. The van der Waals surface area contributed by atoms with E-state index in [1.807, 2.05) is 0 Å². The lowest BCUT2D eigenvalue weighted by molar-refractivity contribution is 0.566. The van der Waals surface area contributed by atoms with Gasteiger partial charge >= 0.3 is 0 Å². The Kier molecular flexibility index (Phi) is 4.75. The van der Waals surface area contributed by atoms with E-state index in [4.69, 9.17) is 11.6 Å². The van der Waals surface area contributed by atoms with Crippen LogP contribution in [-0.4, -0.2) is 13.4 Å². The summed E-state index contributed by atoms with van der Waals surface area (Å²) in [5, 5.41) is 0.453. The lowest BCUT2D eigenvalue weighted by Crippen LogP contribution is -2.28. The third-order valence-electron chi connectivity index (χ3n) is 2.87. The molecule has 1 N–H and O–H groups in total. The maximum absolute atomic E-state index is 12.2. The molecule has 1 unspecified atom stereocenters. The highest BCUT2D eigenvalue weighted by Gasteiger charge is 2.17. The molecule has 0 saturated carbocycles.